The third kappa shape index (κ3) is 19.9. The molecule has 12 nitrogen and oxygen atoms in total. The highest BCUT2D eigenvalue weighted by Gasteiger charge is 2.34. The van der Waals surface area contributed by atoms with Crippen molar-refractivity contribution in [3.63, 3.8) is 0 Å². The largest absolute Gasteiger partial charge is 0.357 e. The van der Waals surface area contributed by atoms with Crippen LogP contribution in [0.5, 0.6) is 0 Å². The first-order valence-corrected chi connectivity index (χ1v) is 19.3. The third-order valence-electron chi connectivity index (χ3n) is 9.02. The fourth-order valence-corrected chi connectivity index (χ4v) is 5.63. The number of nitrogens with one attached hydrogen (secondary N) is 6. The molecule has 0 saturated carbocycles. The highest BCUT2D eigenvalue weighted by molar-refractivity contribution is 5.96. The normalized spacial score (nSPS) is 14.3. The van der Waals surface area contributed by atoms with Crippen molar-refractivity contribution < 1.29 is 28.8 Å². The summed E-state index contributed by atoms with van der Waals surface area (Å²) in [5.41, 5.74) is 0. The Balaban J connectivity index is 4.95. The Morgan fingerprint density at radius 2 is 0.720 bits per heavy atom. The van der Waals surface area contributed by atoms with Crippen LogP contribution in [0.2, 0.25) is 0 Å². The Hall–Kier alpha value is -3.18. The van der Waals surface area contributed by atoms with E-state index in [0.29, 0.717) is 6.42 Å². The van der Waals surface area contributed by atoms with Crippen LogP contribution in [-0.4, -0.2) is 72.7 Å². The number of carbonyl (C=O) groups is 6. The first-order valence-electron chi connectivity index (χ1n) is 19.3. The zero-order valence-electron chi connectivity index (χ0n) is 33.0. The van der Waals surface area contributed by atoms with Crippen LogP contribution in [0.4, 0.5) is 0 Å². The van der Waals surface area contributed by atoms with Crippen molar-refractivity contribution in [3.8, 4) is 0 Å². The molecule has 0 rings (SSSR count). The highest BCUT2D eigenvalue weighted by Crippen LogP contribution is 2.14. The van der Waals surface area contributed by atoms with Crippen molar-refractivity contribution in [3.05, 3.63) is 0 Å². The lowest BCUT2D eigenvalue weighted by atomic mass is 9.97. The van der Waals surface area contributed by atoms with Gasteiger partial charge >= 0.3 is 0 Å². The van der Waals surface area contributed by atoms with E-state index in [2.05, 4.69) is 38.8 Å². The number of rotatable bonds is 27. The number of hydrogen-bond donors (Lipinski definition) is 6. The molecule has 0 saturated heterocycles. The summed E-state index contributed by atoms with van der Waals surface area (Å²) in [7, 11) is 1.46. The molecule has 0 aromatic heterocycles. The zero-order valence-corrected chi connectivity index (χ0v) is 33.0. The molecule has 0 aliphatic rings. The van der Waals surface area contributed by atoms with Gasteiger partial charge < -0.3 is 31.9 Å². The van der Waals surface area contributed by atoms with Crippen LogP contribution in [0.15, 0.2) is 0 Å². The van der Waals surface area contributed by atoms with E-state index < -0.39 is 53.8 Å². The van der Waals surface area contributed by atoms with E-state index in [1.807, 2.05) is 13.8 Å². The van der Waals surface area contributed by atoms with Gasteiger partial charge in [0.25, 0.3) is 0 Å². The molecule has 12 heteroatoms. The van der Waals surface area contributed by atoms with Crippen molar-refractivity contribution in [2.75, 3.05) is 7.05 Å². The SMILES string of the molecule is CCCCCCCCCCCCCCCC(=O)N[C@H](C(=O)N[C@@H](C(=O)N[C@H](C(=O)N[C@H](C)C(=O)N[C@@H](C)C(=O)NC)C(C)C)C(C)C)C(C)C. The average Bonchev–Trinajstić information content (AvgIpc) is 3.05. The molecule has 50 heavy (non-hydrogen) atoms. The highest BCUT2D eigenvalue weighted by atomic mass is 16.2. The third-order valence-corrected chi connectivity index (χ3v) is 9.02. The summed E-state index contributed by atoms with van der Waals surface area (Å²) in [5.74, 6) is -3.57. The molecule has 0 fully saturated rings. The van der Waals surface area contributed by atoms with Crippen LogP contribution < -0.4 is 31.9 Å². The molecule has 0 aromatic rings. The van der Waals surface area contributed by atoms with E-state index in [4.69, 9.17) is 0 Å². The van der Waals surface area contributed by atoms with Gasteiger partial charge in [0.05, 0.1) is 0 Å². The Morgan fingerprint density at radius 1 is 0.400 bits per heavy atom. The second-order valence-corrected chi connectivity index (χ2v) is 14.8. The smallest absolute Gasteiger partial charge is 0.243 e. The van der Waals surface area contributed by atoms with Crippen molar-refractivity contribution in [1.82, 2.24) is 31.9 Å². The number of unbranched alkanes of at least 4 members (excludes halogenated alkanes) is 12. The van der Waals surface area contributed by atoms with E-state index in [0.717, 1.165) is 19.3 Å². The average molecular weight is 709 g/mol. The Labute approximate surface area is 303 Å². The minimum absolute atomic E-state index is 0.188. The van der Waals surface area contributed by atoms with Crippen molar-refractivity contribution >= 4 is 35.4 Å². The number of likely N-dealkylation sites (N-methyl/N-ethyl adjacent to an activating group) is 1. The maximum absolute atomic E-state index is 13.5. The topological polar surface area (TPSA) is 175 Å². The standard InChI is InChI=1S/C38H72N6O6/c1-11-12-13-14-15-16-17-18-19-20-21-22-23-24-30(45)42-31(25(2)3)37(49)44-33(27(6)7)38(50)43-32(26(4)5)36(48)41-29(9)35(47)40-28(8)34(46)39-10/h25-29,31-33H,11-24H2,1-10H3,(H,39,46)(H,40,47)(H,41,48)(H,42,45)(H,43,50)(H,44,49)/t28-,29+,31-,32-,33+/m0/s1. The summed E-state index contributed by atoms with van der Waals surface area (Å²) >= 11 is 0. The summed E-state index contributed by atoms with van der Waals surface area (Å²) in [6.45, 7) is 16.0. The molecular formula is C38H72N6O6. The maximum atomic E-state index is 13.5. The fourth-order valence-electron chi connectivity index (χ4n) is 5.63. The molecule has 0 heterocycles. The molecule has 290 valence electrons. The predicted molar refractivity (Wildman–Crippen MR) is 200 cm³/mol. The molecule has 0 aromatic carbocycles. The second-order valence-electron chi connectivity index (χ2n) is 14.8. The van der Waals surface area contributed by atoms with E-state index in [1.54, 1.807) is 27.7 Å². The quantitative estimate of drug-likeness (QED) is 0.0678. The molecule has 6 N–H and O–H groups in total. The van der Waals surface area contributed by atoms with Gasteiger partial charge in [-0.25, -0.2) is 0 Å². The van der Waals surface area contributed by atoms with Crippen LogP contribution in [0.25, 0.3) is 0 Å². The molecule has 5 atom stereocenters. The minimum Gasteiger partial charge on any atom is -0.357 e. The number of hydrogen-bond acceptors (Lipinski definition) is 6. The van der Waals surface area contributed by atoms with Gasteiger partial charge in [-0.15, -0.1) is 0 Å². The van der Waals surface area contributed by atoms with E-state index in [-0.39, 0.29) is 29.6 Å². The van der Waals surface area contributed by atoms with Gasteiger partial charge in [-0.05, 0) is 38.0 Å². The van der Waals surface area contributed by atoms with E-state index in [9.17, 15) is 28.8 Å². The molecule has 0 bridgehead atoms. The summed E-state index contributed by atoms with van der Waals surface area (Å²) in [6, 6.07) is -4.54. The number of carbonyl (C=O) groups excluding carboxylic acids is 6. The van der Waals surface area contributed by atoms with Crippen LogP contribution in [-0.2, 0) is 28.8 Å². The molecule has 0 radical (unpaired) electrons. The predicted octanol–water partition coefficient (Wildman–Crippen LogP) is 4.65. The molecule has 0 aliphatic carbocycles. The van der Waals surface area contributed by atoms with Gasteiger partial charge in [0.1, 0.15) is 30.2 Å². The Bertz CT molecular complexity index is 1030. The van der Waals surface area contributed by atoms with Gasteiger partial charge in [-0.3, -0.25) is 28.8 Å². The van der Waals surface area contributed by atoms with Gasteiger partial charge in [0, 0.05) is 13.5 Å². The first-order chi connectivity index (χ1) is 23.6. The minimum atomic E-state index is -0.992. The summed E-state index contributed by atoms with van der Waals surface area (Å²) in [5, 5.41) is 16.0. The molecule has 0 unspecified atom stereocenters. The monoisotopic (exact) mass is 709 g/mol. The first kappa shape index (κ1) is 46.8. The van der Waals surface area contributed by atoms with Crippen molar-refractivity contribution in [2.45, 2.75) is 182 Å². The van der Waals surface area contributed by atoms with E-state index >= 15 is 0 Å². The number of amides is 6. The van der Waals surface area contributed by atoms with Crippen LogP contribution in [0, 0.1) is 17.8 Å². The molecule has 6 amide bonds. The van der Waals surface area contributed by atoms with E-state index in [1.165, 1.54) is 85.1 Å². The maximum Gasteiger partial charge on any atom is 0.243 e. The molecular weight excluding hydrogens is 636 g/mol. The lowest BCUT2D eigenvalue weighted by molar-refractivity contribution is -0.136. The van der Waals surface area contributed by atoms with Crippen LogP contribution in [0.1, 0.15) is 152 Å². The van der Waals surface area contributed by atoms with Gasteiger partial charge in [0.15, 0.2) is 0 Å². The molecule has 0 spiro atoms. The van der Waals surface area contributed by atoms with Gasteiger partial charge in [0.2, 0.25) is 35.4 Å². The second kappa shape index (κ2) is 26.6. The van der Waals surface area contributed by atoms with Gasteiger partial charge in [-0.1, -0.05) is 126 Å². The Morgan fingerprint density at radius 3 is 1.10 bits per heavy atom. The van der Waals surface area contributed by atoms with Crippen LogP contribution in [0.3, 0.4) is 0 Å². The Kier molecular flexibility index (Phi) is 24.9. The van der Waals surface area contributed by atoms with Gasteiger partial charge in [-0.2, -0.15) is 0 Å². The molecule has 0 aliphatic heterocycles. The summed E-state index contributed by atoms with van der Waals surface area (Å²) < 4.78 is 0. The summed E-state index contributed by atoms with van der Waals surface area (Å²) in [4.78, 5) is 77.1. The summed E-state index contributed by atoms with van der Waals surface area (Å²) in [6.07, 6.45) is 16.2. The zero-order chi connectivity index (χ0) is 38.2. The fraction of sp³-hybridized carbons (Fsp3) is 0.842. The van der Waals surface area contributed by atoms with Crippen molar-refractivity contribution in [1.29, 1.82) is 0 Å². The van der Waals surface area contributed by atoms with Crippen LogP contribution >= 0.6 is 0 Å². The van der Waals surface area contributed by atoms with Crippen molar-refractivity contribution in [2.24, 2.45) is 17.8 Å². The lowest BCUT2D eigenvalue weighted by Crippen LogP contribution is -2.61. The lowest BCUT2D eigenvalue weighted by Gasteiger charge is -2.30.